The van der Waals surface area contributed by atoms with Gasteiger partial charge in [-0.05, 0) is 19.1 Å². The highest BCUT2D eigenvalue weighted by atomic mass is 16.4. The normalized spacial score (nSPS) is 10.1. The highest BCUT2D eigenvalue weighted by molar-refractivity contribution is 6.08. The molecule has 0 fully saturated rings. The zero-order valence-electron chi connectivity index (χ0n) is 9.38. The standard InChI is InChI=1S/C11H9N3O4/c1-6-5-18-11(13-6)14-9(15)8-7(10(16)17)3-2-4-12-8/h2-5H,1H3,(H,16,17)(H,13,14,15). The molecular formula is C11H9N3O4. The molecule has 2 aromatic heterocycles. The number of hydrogen-bond donors (Lipinski definition) is 2. The minimum atomic E-state index is -1.23. The largest absolute Gasteiger partial charge is 0.478 e. The summed E-state index contributed by atoms with van der Waals surface area (Å²) in [7, 11) is 0. The van der Waals surface area contributed by atoms with Gasteiger partial charge in [-0.2, -0.15) is 4.98 Å². The van der Waals surface area contributed by atoms with E-state index < -0.39 is 11.9 Å². The predicted octanol–water partition coefficient (Wildman–Crippen LogP) is 1.33. The van der Waals surface area contributed by atoms with Gasteiger partial charge in [0.15, 0.2) is 0 Å². The topological polar surface area (TPSA) is 105 Å². The number of anilines is 1. The van der Waals surface area contributed by atoms with E-state index in [1.54, 1.807) is 6.92 Å². The summed E-state index contributed by atoms with van der Waals surface area (Å²) < 4.78 is 4.94. The van der Waals surface area contributed by atoms with Crippen molar-refractivity contribution in [1.82, 2.24) is 9.97 Å². The lowest BCUT2D eigenvalue weighted by Crippen LogP contribution is -2.18. The lowest BCUT2D eigenvalue weighted by Gasteiger charge is -2.03. The average molecular weight is 247 g/mol. The van der Waals surface area contributed by atoms with E-state index >= 15 is 0 Å². The van der Waals surface area contributed by atoms with E-state index in [0.29, 0.717) is 5.69 Å². The Balaban J connectivity index is 2.26. The molecule has 0 aliphatic rings. The maximum atomic E-state index is 11.8. The summed E-state index contributed by atoms with van der Waals surface area (Å²) in [6.45, 7) is 1.70. The van der Waals surface area contributed by atoms with Gasteiger partial charge in [-0.25, -0.2) is 4.79 Å². The molecule has 7 heteroatoms. The van der Waals surface area contributed by atoms with Gasteiger partial charge >= 0.3 is 12.0 Å². The number of oxazole rings is 1. The quantitative estimate of drug-likeness (QED) is 0.847. The average Bonchev–Trinajstić information content (AvgIpc) is 2.74. The van der Waals surface area contributed by atoms with Crippen LogP contribution in [0.1, 0.15) is 26.5 Å². The van der Waals surface area contributed by atoms with Crippen LogP contribution in [0.5, 0.6) is 0 Å². The molecule has 0 radical (unpaired) electrons. The first-order valence-electron chi connectivity index (χ1n) is 4.99. The number of carbonyl (C=O) groups is 2. The zero-order chi connectivity index (χ0) is 13.1. The van der Waals surface area contributed by atoms with E-state index in [0.717, 1.165) is 0 Å². The summed E-state index contributed by atoms with van der Waals surface area (Å²) in [6, 6.07) is 2.74. The highest BCUT2D eigenvalue weighted by Crippen LogP contribution is 2.10. The van der Waals surface area contributed by atoms with Crippen LogP contribution in [0.4, 0.5) is 6.01 Å². The molecule has 0 unspecified atom stereocenters. The van der Waals surface area contributed by atoms with Crippen molar-refractivity contribution >= 4 is 17.9 Å². The molecule has 2 aromatic rings. The molecule has 0 aromatic carbocycles. The summed E-state index contributed by atoms with van der Waals surface area (Å²) in [6.07, 6.45) is 2.70. The van der Waals surface area contributed by atoms with Crippen molar-refractivity contribution in [2.45, 2.75) is 6.92 Å². The Morgan fingerprint density at radius 3 is 2.83 bits per heavy atom. The number of nitrogens with zero attached hydrogens (tertiary/aromatic N) is 2. The van der Waals surface area contributed by atoms with E-state index in [9.17, 15) is 9.59 Å². The molecule has 0 saturated heterocycles. The molecule has 2 N–H and O–H groups in total. The number of nitrogens with one attached hydrogen (secondary N) is 1. The fraction of sp³-hybridized carbons (Fsp3) is 0.0909. The Labute approximate surface area is 101 Å². The summed E-state index contributed by atoms with van der Waals surface area (Å²) >= 11 is 0. The molecule has 18 heavy (non-hydrogen) atoms. The molecule has 92 valence electrons. The lowest BCUT2D eigenvalue weighted by atomic mass is 10.2. The second-order valence-electron chi connectivity index (χ2n) is 3.45. The molecule has 2 heterocycles. The molecule has 0 saturated carbocycles. The summed E-state index contributed by atoms with van der Waals surface area (Å²) in [4.78, 5) is 30.4. The second-order valence-corrected chi connectivity index (χ2v) is 3.45. The molecule has 0 spiro atoms. The van der Waals surface area contributed by atoms with Crippen molar-refractivity contribution < 1.29 is 19.1 Å². The van der Waals surface area contributed by atoms with Crippen LogP contribution in [-0.4, -0.2) is 27.0 Å². The van der Waals surface area contributed by atoms with Crippen molar-refractivity contribution in [3.05, 3.63) is 41.5 Å². The number of amides is 1. The highest BCUT2D eigenvalue weighted by Gasteiger charge is 2.18. The Hall–Kier alpha value is -2.70. The Morgan fingerprint density at radius 1 is 1.44 bits per heavy atom. The fourth-order valence-corrected chi connectivity index (χ4v) is 1.33. The number of pyridine rings is 1. The predicted molar refractivity (Wildman–Crippen MR) is 60.4 cm³/mol. The molecule has 0 atom stereocenters. The molecule has 0 aliphatic carbocycles. The number of aromatic carboxylic acids is 1. The van der Waals surface area contributed by atoms with Crippen LogP contribution in [0.2, 0.25) is 0 Å². The summed E-state index contributed by atoms with van der Waals surface area (Å²) in [5.74, 6) is -1.91. The van der Waals surface area contributed by atoms with Crippen LogP contribution in [0, 0.1) is 6.92 Å². The molecule has 0 aliphatic heterocycles. The zero-order valence-corrected chi connectivity index (χ0v) is 9.38. The van der Waals surface area contributed by atoms with E-state index in [1.807, 2.05) is 0 Å². The minimum absolute atomic E-state index is 0.000471. The van der Waals surface area contributed by atoms with Gasteiger partial charge in [0.2, 0.25) is 0 Å². The number of carboxylic acid groups (broad SMARTS) is 1. The van der Waals surface area contributed by atoms with Crippen LogP contribution in [0.3, 0.4) is 0 Å². The number of carboxylic acids is 1. The smallest absolute Gasteiger partial charge is 0.338 e. The Kier molecular flexibility index (Phi) is 3.05. The van der Waals surface area contributed by atoms with Crippen molar-refractivity contribution in [3.63, 3.8) is 0 Å². The van der Waals surface area contributed by atoms with Gasteiger partial charge in [0, 0.05) is 6.20 Å². The van der Waals surface area contributed by atoms with E-state index in [4.69, 9.17) is 9.52 Å². The number of hydrogen-bond acceptors (Lipinski definition) is 5. The summed E-state index contributed by atoms with van der Waals surface area (Å²) in [5, 5.41) is 11.3. The molecular weight excluding hydrogens is 238 g/mol. The maximum absolute atomic E-state index is 11.8. The second kappa shape index (κ2) is 4.66. The van der Waals surface area contributed by atoms with Crippen LogP contribution in [0.15, 0.2) is 29.0 Å². The molecule has 2 rings (SSSR count). The fourth-order valence-electron chi connectivity index (χ4n) is 1.33. The SMILES string of the molecule is Cc1coc(NC(=O)c2ncccc2C(=O)O)n1. The first-order valence-corrected chi connectivity index (χ1v) is 4.99. The van der Waals surface area contributed by atoms with Gasteiger partial charge in [-0.15, -0.1) is 0 Å². The van der Waals surface area contributed by atoms with Gasteiger partial charge in [-0.3, -0.25) is 15.1 Å². The number of aryl methyl sites for hydroxylation is 1. The number of rotatable bonds is 3. The third kappa shape index (κ3) is 2.34. The van der Waals surface area contributed by atoms with Crippen molar-refractivity contribution in [2.75, 3.05) is 5.32 Å². The van der Waals surface area contributed by atoms with Gasteiger partial charge in [-0.1, -0.05) is 0 Å². The Bertz CT molecular complexity index is 606. The van der Waals surface area contributed by atoms with Gasteiger partial charge in [0.25, 0.3) is 5.91 Å². The molecule has 7 nitrogen and oxygen atoms in total. The van der Waals surface area contributed by atoms with Gasteiger partial charge in [0.1, 0.15) is 12.0 Å². The van der Waals surface area contributed by atoms with Crippen molar-refractivity contribution in [3.8, 4) is 0 Å². The first-order chi connectivity index (χ1) is 8.58. The van der Waals surface area contributed by atoms with Crippen LogP contribution in [0.25, 0.3) is 0 Å². The monoisotopic (exact) mass is 247 g/mol. The Morgan fingerprint density at radius 2 is 2.22 bits per heavy atom. The van der Waals surface area contributed by atoms with Crippen LogP contribution < -0.4 is 5.32 Å². The number of aromatic nitrogens is 2. The van der Waals surface area contributed by atoms with Gasteiger partial charge in [0.05, 0.1) is 11.3 Å². The van der Waals surface area contributed by atoms with E-state index in [1.165, 1.54) is 24.6 Å². The van der Waals surface area contributed by atoms with E-state index in [2.05, 4.69) is 15.3 Å². The summed E-state index contributed by atoms with van der Waals surface area (Å²) in [5.41, 5.74) is 0.226. The third-order valence-corrected chi connectivity index (χ3v) is 2.09. The van der Waals surface area contributed by atoms with Crippen LogP contribution >= 0.6 is 0 Å². The van der Waals surface area contributed by atoms with Gasteiger partial charge < -0.3 is 9.52 Å². The van der Waals surface area contributed by atoms with Crippen LogP contribution in [-0.2, 0) is 0 Å². The lowest BCUT2D eigenvalue weighted by molar-refractivity contribution is 0.0691. The minimum Gasteiger partial charge on any atom is -0.478 e. The van der Waals surface area contributed by atoms with Crippen molar-refractivity contribution in [2.24, 2.45) is 0 Å². The molecule has 1 amide bonds. The third-order valence-electron chi connectivity index (χ3n) is 2.09. The van der Waals surface area contributed by atoms with E-state index in [-0.39, 0.29) is 17.3 Å². The van der Waals surface area contributed by atoms with Crippen molar-refractivity contribution in [1.29, 1.82) is 0 Å². The number of carbonyl (C=O) groups excluding carboxylic acids is 1. The maximum Gasteiger partial charge on any atom is 0.338 e. The first kappa shape index (κ1) is 11.8. The molecule has 0 bridgehead atoms.